The van der Waals surface area contributed by atoms with Crippen molar-refractivity contribution in [1.82, 2.24) is 20.6 Å². The minimum Gasteiger partial charge on any atom is -0.360 e. The number of aromatic nitrogens is 3. The van der Waals surface area contributed by atoms with E-state index in [1.54, 1.807) is 13.0 Å². The molecule has 0 unspecified atom stereocenters. The first-order chi connectivity index (χ1) is 9.94. The third-order valence-electron chi connectivity index (χ3n) is 2.30. The highest BCUT2D eigenvalue weighted by atomic mass is 16.5. The molecule has 0 aliphatic heterocycles. The van der Waals surface area contributed by atoms with E-state index in [0.717, 1.165) is 0 Å². The summed E-state index contributed by atoms with van der Waals surface area (Å²) in [5.74, 6) is -0.0436. The van der Waals surface area contributed by atoms with E-state index in [-0.39, 0.29) is 30.1 Å². The molecule has 0 atom stereocenters. The average molecular weight is 293 g/mol. The number of amides is 2. The summed E-state index contributed by atoms with van der Waals surface area (Å²) in [5, 5.41) is 12.3. The molecule has 112 valence electrons. The van der Waals surface area contributed by atoms with Crippen LogP contribution in [0, 0.1) is 6.92 Å². The molecule has 0 saturated heterocycles. The summed E-state index contributed by atoms with van der Waals surface area (Å²) in [7, 11) is 0. The number of hydrogen-bond acceptors (Lipinski definition) is 7. The molecular weight excluding hydrogens is 278 g/mol. The van der Waals surface area contributed by atoms with Gasteiger partial charge in [-0.1, -0.05) is 10.3 Å². The largest absolute Gasteiger partial charge is 0.360 e. The third-order valence-corrected chi connectivity index (χ3v) is 2.30. The van der Waals surface area contributed by atoms with Gasteiger partial charge in [-0.15, -0.1) is 0 Å². The normalized spacial score (nSPS) is 10.7. The van der Waals surface area contributed by atoms with Crippen molar-refractivity contribution in [3.05, 3.63) is 23.5 Å². The fourth-order valence-electron chi connectivity index (χ4n) is 1.50. The SMILES string of the molecule is Cc1cc(NC(=O)Cc2noc(C(=O)NC(C)C)n2)no1. The molecule has 0 aliphatic rings. The molecule has 9 heteroatoms. The van der Waals surface area contributed by atoms with Crippen LogP contribution in [0.15, 0.2) is 15.1 Å². The van der Waals surface area contributed by atoms with Gasteiger partial charge in [0, 0.05) is 12.1 Å². The summed E-state index contributed by atoms with van der Waals surface area (Å²) in [4.78, 5) is 27.2. The molecule has 21 heavy (non-hydrogen) atoms. The van der Waals surface area contributed by atoms with Gasteiger partial charge in [0.1, 0.15) is 5.76 Å². The van der Waals surface area contributed by atoms with Crippen LogP contribution in [0.5, 0.6) is 0 Å². The van der Waals surface area contributed by atoms with Gasteiger partial charge in [0.25, 0.3) is 0 Å². The van der Waals surface area contributed by atoms with Gasteiger partial charge in [0.05, 0.1) is 6.42 Å². The molecule has 2 aromatic rings. The van der Waals surface area contributed by atoms with E-state index in [9.17, 15) is 9.59 Å². The highest BCUT2D eigenvalue weighted by Crippen LogP contribution is 2.07. The summed E-state index contributed by atoms with van der Waals surface area (Å²) in [6, 6.07) is 1.53. The Balaban J connectivity index is 1.92. The molecule has 2 rings (SSSR count). The van der Waals surface area contributed by atoms with Crippen LogP contribution < -0.4 is 10.6 Å². The highest BCUT2D eigenvalue weighted by molar-refractivity contribution is 5.91. The number of hydrogen-bond donors (Lipinski definition) is 2. The molecule has 2 heterocycles. The maximum atomic E-state index is 11.7. The molecule has 2 amide bonds. The average Bonchev–Trinajstić information content (AvgIpc) is 2.98. The topological polar surface area (TPSA) is 123 Å². The molecule has 9 nitrogen and oxygen atoms in total. The third kappa shape index (κ3) is 4.13. The predicted octanol–water partition coefficient (Wildman–Crippen LogP) is 0.685. The first kappa shape index (κ1) is 14.7. The summed E-state index contributed by atoms with van der Waals surface area (Å²) in [5.41, 5.74) is 0. The fraction of sp³-hybridized carbons (Fsp3) is 0.417. The van der Waals surface area contributed by atoms with Gasteiger partial charge in [0.2, 0.25) is 5.91 Å². The summed E-state index contributed by atoms with van der Waals surface area (Å²) >= 11 is 0. The van der Waals surface area contributed by atoms with Crippen LogP contribution >= 0.6 is 0 Å². The van der Waals surface area contributed by atoms with Crippen LogP contribution in [-0.4, -0.2) is 33.2 Å². The molecule has 0 bridgehead atoms. The number of carbonyl (C=O) groups is 2. The number of carbonyl (C=O) groups excluding carboxylic acids is 2. The number of nitrogens with one attached hydrogen (secondary N) is 2. The lowest BCUT2D eigenvalue weighted by Crippen LogP contribution is -2.30. The smallest absolute Gasteiger partial charge is 0.315 e. The minimum absolute atomic E-state index is 0.0495. The maximum Gasteiger partial charge on any atom is 0.315 e. The standard InChI is InChI=1S/C12H15N5O4/c1-6(2)13-11(19)12-15-9(17-21-12)5-10(18)14-8-4-7(3)20-16-8/h4,6H,5H2,1-3H3,(H,13,19)(H,14,16,18). The summed E-state index contributed by atoms with van der Waals surface area (Å²) in [6.07, 6.45) is -0.135. The van der Waals surface area contributed by atoms with Crippen LogP contribution in [0.2, 0.25) is 0 Å². The zero-order valence-corrected chi connectivity index (χ0v) is 11.8. The van der Waals surface area contributed by atoms with Crippen LogP contribution in [0.4, 0.5) is 5.82 Å². The Labute approximate surface area is 120 Å². The van der Waals surface area contributed by atoms with Crippen molar-refractivity contribution in [2.24, 2.45) is 0 Å². The van der Waals surface area contributed by atoms with E-state index >= 15 is 0 Å². The Hall–Kier alpha value is -2.71. The van der Waals surface area contributed by atoms with Gasteiger partial charge in [0.15, 0.2) is 11.6 Å². The molecule has 2 aromatic heterocycles. The number of anilines is 1. The lowest BCUT2D eigenvalue weighted by molar-refractivity contribution is -0.115. The zero-order valence-electron chi connectivity index (χ0n) is 11.8. The van der Waals surface area contributed by atoms with Gasteiger partial charge in [-0.2, -0.15) is 4.98 Å². The second kappa shape index (κ2) is 6.16. The van der Waals surface area contributed by atoms with Crippen LogP contribution in [0.25, 0.3) is 0 Å². The van der Waals surface area contributed by atoms with E-state index < -0.39 is 5.91 Å². The van der Waals surface area contributed by atoms with Crippen molar-refractivity contribution in [2.45, 2.75) is 33.2 Å². The molecule has 0 saturated carbocycles. The molecule has 0 aromatic carbocycles. The summed E-state index contributed by atoms with van der Waals surface area (Å²) < 4.78 is 9.62. The molecule has 0 spiro atoms. The number of nitrogens with zero attached hydrogens (tertiary/aromatic N) is 3. The highest BCUT2D eigenvalue weighted by Gasteiger charge is 2.17. The molecule has 0 fully saturated rings. The van der Waals surface area contributed by atoms with E-state index in [1.807, 2.05) is 13.8 Å². The second-order valence-corrected chi connectivity index (χ2v) is 4.69. The van der Waals surface area contributed by atoms with Gasteiger partial charge in [-0.05, 0) is 20.8 Å². The predicted molar refractivity (Wildman–Crippen MR) is 70.5 cm³/mol. The van der Waals surface area contributed by atoms with Crippen molar-refractivity contribution >= 4 is 17.6 Å². The van der Waals surface area contributed by atoms with Crippen molar-refractivity contribution in [1.29, 1.82) is 0 Å². The van der Waals surface area contributed by atoms with E-state index in [0.29, 0.717) is 11.6 Å². The Kier molecular flexibility index (Phi) is 4.31. The second-order valence-electron chi connectivity index (χ2n) is 4.69. The number of rotatable bonds is 5. The van der Waals surface area contributed by atoms with E-state index in [2.05, 4.69) is 25.9 Å². The van der Waals surface area contributed by atoms with Crippen molar-refractivity contribution < 1.29 is 18.6 Å². The Bertz CT molecular complexity index is 646. The monoisotopic (exact) mass is 293 g/mol. The van der Waals surface area contributed by atoms with Crippen LogP contribution in [0.1, 0.15) is 36.1 Å². The molecular formula is C12H15N5O4. The Morgan fingerprint density at radius 2 is 2.05 bits per heavy atom. The van der Waals surface area contributed by atoms with Crippen molar-refractivity contribution in [2.75, 3.05) is 5.32 Å². The van der Waals surface area contributed by atoms with Crippen LogP contribution in [0.3, 0.4) is 0 Å². The maximum absolute atomic E-state index is 11.7. The molecule has 0 aliphatic carbocycles. The van der Waals surface area contributed by atoms with E-state index in [1.165, 1.54) is 0 Å². The molecule has 2 N–H and O–H groups in total. The lowest BCUT2D eigenvalue weighted by Gasteiger charge is -2.03. The van der Waals surface area contributed by atoms with Gasteiger partial charge >= 0.3 is 11.8 Å². The summed E-state index contributed by atoms with van der Waals surface area (Å²) in [6.45, 7) is 5.33. The van der Waals surface area contributed by atoms with Gasteiger partial charge in [-0.25, -0.2) is 0 Å². The van der Waals surface area contributed by atoms with Gasteiger partial charge < -0.3 is 19.7 Å². The zero-order chi connectivity index (χ0) is 15.4. The van der Waals surface area contributed by atoms with Crippen molar-refractivity contribution in [3.63, 3.8) is 0 Å². The first-order valence-corrected chi connectivity index (χ1v) is 6.30. The fourth-order valence-corrected chi connectivity index (χ4v) is 1.50. The Morgan fingerprint density at radius 3 is 2.67 bits per heavy atom. The quantitative estimate of drug-likeness (QED) is 0.831. The minimum atomic E-state index is -0.476. The number of aryl methyl sites for hydroxylation is 1. The molecule has 0 radical (unpaired) electrons. The lowest BCUT2D eigenvalue weighted by atomic mass is 10.3. The van der Waals surface area contributed by atoms with Crippen molar-refractivity contribution in [3.8, 4) is 0 Å². The first-order valence-electron chi connectivity index (χ1n) is 6.30. The van der Waals surface area contributed by atoms with Gasteiger partial charge in [-0.3, -0.25) is 9.59 Å². The van der Waals surface area contributed by atoms with E-state index in [4.69, 9.17) is 9.05 Å². The van der Waals surface area contributed by atoms with Crippen LogP contribution in [-0.2, 0) is 11.2 Å². The Morgan fingerprint density at radius 1 is 1.29 bits per heavy atom.